The minimum atomic E-state index is -0.0703. The third kappa shape index (κ3) is 1.16. The highest BCUT2D eigenvalue weighted by atomic mass is 16.2. The number of likely N-dealkylation sites (tertiary alicyclic amines) is 1. The number of rotatable bonds is 2. The summed E-state index contributed by atoms with van der Waals surface area (Å²) in [6, 6.07) is 0. The van der Waals surface area contributed by atoms with E-state index in [4.69, 9.17) is 0 Å². The van der Waals surface area contributed by atoms with Crippen molar-refractivity contribution in [2.24, 2.45) is 11.8 Å². The molecule has 0 aromatic rings. The van der Waals surface area contributed by atoms with Crippen LogP contribution in [0.4, 0.5) is 0 Å². The minimum absolute atomic E-state index is 0.0295. The zero-order valence-corrected chi connectivity index (χ0v) is 7.75. The summed E-state index contributed by atoms with van der Waals surface area (Å²) < 4.78 is 0. The van der Waals surface area contributed by atoms with Crippen LogP contribution >= 0.6 is 0 Å². The van der Waals surface area contributed by atoms with E-state index < -0.39 is 0 Å². The highest BCUT2D eigenvalue weighted by Crippen LogP contribution is 2.28. The fourth-order valence-corrected chi connectivity index (χ4v) is 2.15. The molecule has 13 heavy (non-hydrogen) atoms. The smallest absolute Gasteiger partial charge is 0.234 e. The van der Waals surface area contributed by atoms with Gasteiger partial charge in [-0.2, -0.15) is 0 Å². The molecule has 2 aliphatic rings. The second kappa shape index (κ2) is 3.10. The minimum Gasteiger partial charge on any atom is -0.315 e. The maximum atomic E-state index is 11.7. The van der Waals surface area contributed by atoms with E-state index in [2.05, 4.69) is 5.32 Å². The van der Waals surface area contributed by atoms with Crippen LogP contribution in [-0.2, 0) is 9.59 Å². The van der Waals surface area contributed by atoms with Gasteiger partial charge in [0.15, 0.2) is 0 Å². The fraction of sp³-hybridized carbons (Fsp3) is 0.778. The number of hydrogen-bond donors (Lipinski definition) is 1. The molecule has 0 spiro atoms. The number of hydrogen-bond acceptors (Lipinski definition) is 3. The molecule has 2 amide bonds. The van der Waals surface area contributed by atoms with Gasteiger partial charge in [-0.25, -0.2) is 0 Å². The SMILES string of the molecule is CCCN1C(=O)[C@@H]2CNC[C@H]2C1=O. The lowest BCUT2D eigenvalue weighted by molar-refractivity contribution is -0.140. The molecule has 0 aromatic heterocycles. The van der Waals surface area contributed by atoms with Gasteiger partial charge in [0.25, 0.3) is 0 Å². The second-order valence-corrected chi connectivity index (χ2v) is 3.70. The van der Waals surface area contributed by atoms with Crippen LogP contribution in [0.25, 0.3) is 0 Å². The van der Waals surface area contributed by atoms with Gasteiger partial charge in [0.05, 0.1) is 11.8 Å². The standard InChI is InChI=1S/C9H14N2O2/c1-2-3-11-8(12)6-4-10-5-7(6)9(11)13/h6-7,10H,2-5H2,1H3/t6-,7-/m1/s1. The summed E-state index contributed by atoms with van der Waals surface area (Å²) in [5, 5.41) is 3.08. The molecule has 1 N–H and O–H groups in total. The van der Waals surface area contributed by atoms with Crippen molar-refractivity contribution >= 4 is 11.8 Å². The molecule has 2 atom stereocenters. The Morgan fingerprint density at radius 3 is 2.31 bits per heavy atom. The van der Waals surface area contributed by atoms with Crippen LogP contribution in [0.5, 0.6) is 0 Å². The molecule has 2 heterocycles. The second-order valence-electron chi connectivity index (χ2n) is 3.70. The molecule has 4 nitrogen and oxygen atoms in total. The van der Waals surface area contributed by atoms with Gasteiger partial charge in [0, 0.05) is 19.6 Å². The van der Waals surface area contributed by atoms with Crippen LogP contribution in [0.3, 0.4) is 0 Å². The predicted octanol–water partition coefficient (Wildman–Crippen LogP) is -0.399. The molecular formula is C9H14N2O2. The van der Waals surface area contributed by atoms with E-state index in [1.54, 1.807) is 0 Å². The van der Waals surface area contributed by atoms with Gasteiger partial charge in [-0.3, -0.25) is 14.5 Å². The Morgan fingerprint density at radius 2 is 1.85 bits per heavy atom. The van der Waals surface area contributed by atoms with Crippen molar-refractivity contribution in [3.63, 3.8) is 0 Å². The zero-order chi connectivity index (χ0) is 9.42. The molecule has 0 bridgehead atoms. The zero-order valence-electron chi connectivity index (χ0n) is 7.75. The molecule has 2 aliphatic heterocycles. The molecule has 72 valence electrons. The highest BCUT2D eigenvalue weighted by Gasteiger charge is 2.49. The van der Waals surface area contributed by atoms with Gasteiger partial charge < -0.3 is 5.32 Å². The molecule has 0 aromatic carbocycles. The van der Waals surface area contributed by atoms with Gasteiger partial charge in [-0.1, -0.05) is 6.92 Å². The van der Waals surface area contributed by atoms with Gasteiger partial charge in [0.2, 0.25) is 11.8 Å². The third-order valence-electron chi connectivity index (χ3n) is 2.83. The van der Waals surface area contributed by atoms with E-state index >= 15 is 0 Å². The molecule has 0 aliphatic carbocycles. The first-order valence-electron chi connectivity index (χ1n) is 4.81. The van der Waals surface area contributed by atoms with E-state index in [0.29, 0.717) is 19.6 Å². The predicted molar refractivity (Wildman–Crippen MR) is 46.9 cm³/mol. The van der Waals surface area contributed by atoms with E-state index in [1.165, 1.54) is 4.90 Å². The van der Waals surface area contributed by atoms with Gasteiger partial charge >= 0.3 is 0 Å². The lowest BCUT2D eigenvalue weighted by Gasteiger charge is -2.14. The van der Waals surface area contributed by atoms with Gasteiger partial charge in [-0.15, -0.1) is 0 Å². The maximum absolute atomic E-state index is 11.7. The number of nitrogens with zero attached hydrogens (tertiary/aromatic N) is 1. The van der Waals surface area contributed by atoms with Crippen molar-refractivity contribution in [3.05, 3.63) is 0 Å². The van der Waals surface area contributed by atoms with Crippen molar-refractivity contribution in [2.75, 3.05) is 19.6 Å². The quantitative estimate of drug-likeness (QED) is 0.591. The first-order chi connectivity index (χ1) is 6.25. The maximum Gasteiger partial charge on any atom is 0.234 e. The normalized spacial score (nSPS) is 32.8. The number of fused-ring (bicyclic) bond motifs is 1. The van der Waals surface area contributed by atoms with Crippen LogP contribution in [0.15, 0.2) is 0 Å². The summed E-state index contributed by atoms with van der Waals surface area (Å²) in [7, 11) is 0. The Balaban J connectivity index is 2.16. The molecule has 2 rings (SSSR count). The molecule has 0 unspecified atom stereocenters. The Morgan fingerprint density at radius 1 is 1.31 bits per heavy atom. The Labute approximate surface area is 77.3 Å². The van der Waals surface area contributed by atoms with Crippen LogP contribution < -0.4 is 5.32 Å². The van der Waals surface area contributed by atoms with Gasteiger partial charge in [0.1, 0.15) is 0 Å². The van der Waals surface area contributed by atoms with Crippen molar-refractivity contribution in [3.8, 4) is 0 Å². The summed E-state index contributed by atoms with van der Waals surface area (Å²) in [5.74, 6) is -0.0817. The summed E-state index contributed by atoms with van der Waals surface area (Å²) in [6.07, 6.45) is 0.852. The average Bonchev–Trinajstić information content (AvgIpc) is 2.66. The van der Waals surface area contributed by atoms with Crippen molar-refractivity contribution in [2.45, 2.75) is 13.3 Å². The largest absolute Gasteiger partial charge is 0.315 e. The molecule has 0 radical (unpaired) electrons. The number of imide groups is 1. The number of carbonyl (C=O) groups is 2. The Hall–Kier alpha value is -0.900. The van der Waals surface area contributed by atoms with Gasteiger partial charge in [-0.05, 0) is 6.42 Å². The van der Waals surface area contributed by atoms with Crippen molar-refractivity contribution in [1.29, 1.82) is 0 Å². The van der Waals surface area contributed by atoms with Crippen LogP contribution in [0, 0.1) is 11.8 Å². The Kier molecular flexibility index (Phi) is 2.07. The molecule has 2 saturated heterocycles. The summed E-state index contributed by atoms with van der Waals surface area (Å²) >= 11 is 0. The van der Waals surface area contributed by atoms with Crippen molar-refractivity contribution < 1.29 is 9.59 Å². The van der Waals surface area contributed by atoms with Crippen LogP contribution in [0.1, 0.15) is 13.3 Å². The monoisotopic (exact) mass is 182 g/mol. The number of amides is 2. The molecule has 0 saturated carbocycles. The first kappa shape index (κ1) is 8.69. The van der Waals surface area contributed by atoms with Crippen LogP contribution in [0.2, 0.25) is 0 Å². The third-order valence-corrected chi connectivity index (χ3v) is 2.83. The topological polar surface area (TPSA) is 49.4 Å². The van der Waals surface area contributed by atoms with E-state index in [1.807, 2.05) is 6.92 Å². The van der Waals surface area contributed by atoms with Crippen LogP contribution in [-0.4, -0.2) is 36.3 Å². The summed E-state index contributed by atoms with van der Waals surface area (Å²) in [4.78, 5) is 24.7. The first-order valence-corrected chi connectivity index (χ1v) is 4.81. The number of carbonyl (C=O) groups excluding carboxylic acids is 2. The summed E-state index contributed by atoms with van der Waals surface area (Å²) in [6.45, 7) is 3.92. The highest BCUT2D eigenvalue weighted by molar-refractivity contribution is 6.05. The van der Waals surface area contributed by atoms with Crippen molar-refractivity contribution in [1.82, 2.24) is 10.2 Å². The molecule has 2 fully saturated rings. The Bertz CT molecular complexity index is 230. The van der Waals surface area contributed by atoms with E-state index in [-0.39, 0.29) is 23.7 Å². The number of nitrogens with one attached hydrogen (secondary N) is 1. The lowest BCUT2D eigenvalue weighted by atomic mass is 10.00. The fourth-order valence-electron chi connectivity index (χ4n) is 2.15. The average molecular weight is 182 g/mol. The molecular weight excluding hydrogens is 168 g/mol. The molecule has 4 heteroatoms. The summed E-state index contributed by atoms with van der Waals surface area (Å²) in [5.41, 5.74) is 0. The van der Waals surface area contributed by atoms with E-state index in [0.717, 1.165) is 6.42 Å². The lowest BCUT2D eigenvalue weighted by Crippen LogP contribution is -2.35. The van der Waals surface area contributed by atoms with E-state index in [9.17, 15) is 9.59 Å².